The van der Waals surface area contributed by atoms with Gasteiger partial charge in [0.1, 0.15) is 11.8 Å². The average Bonchev–Trinajstić information content (AvgIpc) is 2.66. The molecule has 0 unspecified atom stereocenters. The third-order valence-electron chi connectivity index (χ3n) is 3.72. The second kappa shape index (κ2) is 9.65. The standard InChI is InChI=1S/C20H20F3N3O2/c1-2-3-14-4-6-16(7-5-14)26-19(27)12-25-17-8-9-18(15(10-17)11-24)28-13-20(21,22)23/h4-10,25H,2-3,12-13H2,1H3,(H,26,27). The Hall–Kier alpha value is -3.21. The summed E-state index contributed by atoms with van der Waals surface area (Å²) in [6.45, 7) is 0.548. The normalized spacial score (nSPS) is 10.8. The van der Waals surface area contributed by atoms with E-state index < -0.39 is 12.8 Å². The van der Waals surface area contributed by atoms with Crippen LogP contribution in [0.25, 0.3) is 0 Å². The Morgan fingerprint density at radius 2 is 1.82 bits per heavy atom. The SMILES string of the molecule is CCCc1ccc(NC(=O)CNc2ccc(OCC(F)(F)F)c(C#N)c2)cc1. The Morgan fingerprint density at radius 3 is 2.43 bits per heavy atom. The third-order valence-corrected chi connectivity index (χ3v) is 3.72. The van der Waals surface area contributed by atoms with Gasteiger partial charge < -0.3 is 15.4 Å². The summed E-state index contributed by atoms with van der Waals surface area (Å²) in [5.41, 5.74) is 2.22. The van der Waals surface area contributed by atoms with Gasteiger partial charge in [-0.2, -0.15) is 18.4 Å². The van der Waals surface area contributed by atoms with Gasteiger partial charge in [-0.15, -0.1) is 0 Å². The van der Waals surface area contributed by atoms with Crippen molar-refractivity contribution in [3.05, 3.63) is 53.6 Å². The number of nitrogens with zero attached hydrogens (tertiary/aromatic N) is 1. The topological polar surface area (TPSA) is 74.2 Å². The zero-order valence-corrected chi connectivity index (χ0v) is 15.3. The molecular weight excluding hydrogens is 371 g/mol. The van der Waals surface area contributed by atoms with Crippen molar-refractivity contribution < 1.29 is 22.7 Å². The second-order valence-corrected chi connectivity index (χ2v) is 6.08. The summed E-state index contributed by atoms with van der Waals surface area (Å²) in [7, 11) is 0. The van der Waals surface area contributed by atoms with Gasteiger partial charge in [-0.05, 0) is 42.3 Å². The Morgan fingerprint density at radius 1 is 1.14 bits per heavy atom. The molecule has 1 amide bonds. The molecule has 0 bridgehead atoms. The number of halogens is 3. The Bertz CT molecular complexity index is 843. The maximum Gasteiger partial charge on any atom is 0.422 e. The molecule has 0 heterocycles. The van der Waals surface area contributed by atoms with Crippen molar-refractivity contribution >= 4 is 17.3 Å². The van der Waals surface area contributed by atoms with Gasteiger partial charge in [0, 0.05) is 11.4 Å². The van der Waals surface area contributed by atoms with E-state index in [0.717, 1.165) is 12.8 Å². The minimum Gasteiger partial charge on any atom is -0.483 e. The predicted octanol–water partition coefficient (Wildman–Crippen LogP) is 4.50. The number of nitriles is 1. The van der Waals surface area contributed by atoms with Crippen LogP contribution in [0.5, 0.6) is 5.75 Å². The minimum atomic E-state index is -4.49. The molecule has 2 N–H and O–H groups in total. The van der Waals surface area contributed by atoms with Crippen molar-refractivity contribution in [2.45, 2.75) is 25.9 Å². The molecule has 8 heteroatoms. The van der Waals surface area contributed by atoms with E-state index in [0.29, 0.717) is 11.4 Å². The first-order valence-corrected chi connectivity index (χ1v) is 8.67. The van der Waals surface area contributed by atoms with Gasteiger partial charge in [0.25, 0.3) is 0 Å². The second-order valence-electron chi connectivity index (χ2n) is 6.08. The molecule has 28 heavy (non-hydrogen) atoms. The molecule has 0 saturated carbocycles. The van der Waals surface area contributed by atoms with Crippen LogP contribution in [0.2, 0.25) is 0 Å². The number of aryl methyl sites for hydroxylation is 1. The quantitative estimate of drug-likeness (QED) is 0.695. The van der Waals surface area contributed by atoms with E-state index in [1.165, 1.54) is 23.8 Å². The first-order valence-electron chi connectivity index (χ1n) is 8.67. The van der Waals surface area contributed by atoms with Gasteiger partial charge in [0.2, 0.25) is 5.91 Å². The zero-order valence-electron chi connectivity index (χ0n) is 15.3. The molecule has 2 aromatic rings. The minimum absolute atomic E-state index is 0.0545. The number of rotatable bonds is 8. The first kappa shape index (κ1) is 21.1. The van der Waals surface area contributed by atoms with Crippen LogP contribution in [-0.4, -0.2) is 25.2 Å². The molecule has 0 fully saturated rings. The highest BCUT2D eigenvalue weighted by molar-refractivity contribution is 5.93. The van der Waals surface area contributed by atoms with Crippen molar-refractivity contribution in [1.29, 1.82) is 5.26 Å². The lowest BCUT2D eigenvalue weighted by molar-refractivity contribution is -0.153. The van der Waals surface area contributed by atoms with E-state index in [1.807, 2.05) is 24.3 Å². The molecule has 0 saturated heterocycles. The molecule has 0 spiro atoms. The summed E-state index contributed by atoms with van der Waals surface area (Å²) < 4.78 is 41.3. The molecule has 0 aliphatic heterocycles. The molecule has 0 atom stereocenters. The summed E-state index contributed by atoms with van der Waals surface area (Å²) in [6.07, 6.45) is -2.48. The number of nitrogens with one attached hydrogen (secondary N) is 2. The van der Waals surface area contributed by atoms with E-state index in [9.17, 15) is 18.0 Å². The van der Waals surface area contributed by atoms with E-state index in [-0.39, 0.29) is 23.8 Å². The molecule has 0 aromatic heterocycles. The molecule has 0 aliphatic carbocycles. The fraction of sp³-hybridized carbons (Fsp3) is 0.300. The van der Waals surface area contributed by atoms with Crippen LogP contribution in [-0.2, 0) is 11.2 Å². The molecule has 2 rings (SSSR count). The van der Waals surface area contributed by atoms with E-state index >= 15 is 0 Å². The van der Waals surface area contributed by atoms with Gasteiger partial charge in [-0.1, -0.05) is 25.5 Å². The number of benzene rings is 2. The summed E-state index contributed by atoms with van der Waals surface area (Å²) in [6, 6.07) is 13.4. The highest BCUT2D eigenvalue weighted by Gasteiger charge is 2.28. The first-order chi connectivity index (χ1) is 13.3. The van der Waals surface area contributed by atoms with Crippen LogP contribution in [0.3, 0.4) is 0 Å². The lowest BCUT2D eigenvalue weighted by Gasteiger charge is -2.12. The van der Waals surface area contributed by atoms with Gasteiger partial charge in [-0.3, -0.25) is 4.79 Å². The van der Waals surface area contributed by atoms with Crippen molar-refractivity contribution in [2.75, 3.05) is 23.8 Å². The largest absolute Gasteiger partial charge is 0.483 e. The lowest BCUT2D eigenvalue weighted by Crippen LogP contribution is -2.22. The Labute approximate surface area is 161 Å². The van der Waals surface area contributed by atoms with E-state index in [1.54, 1.807) is 6.07 Å². The Kier molecular flexibility index (Phi) is 7.27. The highest BCUT2D eigenvalue weighted by atomic mass is 19.4. The molecular formula is C20H20F3N3O2. The molecule has 0 aliphatic rings. The summed E-state index contributed by atoms with van der Waals surface area (Å²) >= 11 is 0. The maximum atomic E-state index is 12.2. The summed E-state index contributed by atoms with van der Waals surface area (Å²) in [4.78, 5) is 12.0. The Balaban J connectivity index is 1.91. The average molecular weight is 391 g/mol. The smallest absolute Gasteiger partial charge is 0.422 e. The van der Waals surface area contributed by atoms with Crippen LogP contribution in [0.4, 0.5) is 24.5 Å². The maximum absolute atomic E-state index is 12.2. The molecule has 5 nitrogen and oxygen atoms in total. The number of hydrogen-bond acceptors (Lipinski definition) is 4. The van der Waals surface area contributed by atoms with Crippen LogP contribution < -0.4 is 15.4 Å². The third kappa shape index (κ3) is 6.83. The summed E-state index contributed by atoms with van der Waals surface area (Å²) in [5, 5.41) is 14.7. The number of hydrogen-bond donors (Lipinski definition) is 2. The van der Waals surface area contributed by atoms with Crippen LogP contribution >= 0.6 is 0 Å². The molecule has 2 aromatic carbocycles. The number of anilines is 2. The lowest BCUT2D eigenvalue weighted by atomic mass is 10.1. The number of carbonyl (C=O) groups excluding carboxylic acids is 1. The zero-order chi connectivity index (χ0) is 20.6. The van der Waals surface area contributed by atoms with Crippen molar-refractivity contribution in [3.63, 3.8) is 0 Å². The summed E-state index contributed by atoms with van der Waals surface area (Å²) in [5.74, 6) is -0.457. The highest BCUT2D eigenvalue weighted by Crippen LogP contribution is 2.24. The number of carbonyl (C=O) groups is 1. The molecule has 148 valence electrons. The van der Waals surface area contributed by atoms with E-state index in [4.69, 9.17) is 5.26 Å². The fourth-order valence-electron chi connectivity index (χ4n) is 2.44. The number of alkyl halides is 3. The monoisotopic (exact) mass is 391 g/mol. The van der Waals surface area contributed by atoms with Gasteiger partial charge >= 0.3 is 6.18 Å². The number of amides is 1. The van der Waals surface area contributed by atoms with Crippen LogP contribution in [0.15, 0.2) is 42.5 Å². The predicted molar refractivity (Wildman–Crippen MR) is 100 cm³/mol. The van der Waals surface area contributed by atoms with Crippen molar-refractivity contribution in [3.8, 4) is 11.8 Å². The number of ether oxygens (including phenoxy) is 1. The fourth-order valence-corrected chi connectivity index (χ4v) is 2.44. The van der Waals surface area contributed by atoms with Crippen molar-refractivity contribution in [2.24, 2.45) is 0 Å². The van der Waals surface area contributed by atoms with Gasteiger partial charge in [0.15, 0.2) is 6.61 Å². The molecule has 0 radical (unpaired) electrons. The van der Waals surface area contributed by atoms with Crippen molar-refractivity contribution in [1.82, 2.24) is 0 Å². The van der Waals surface area contributed by atoms with Gasteiger partial charge in [-0.25, -0.2) is 0 Å². The van der Waals surface area contributed by atoms with E-state index in [2.05, 4.69) is 22.3 Å². The van der Waals surface area contributed by atoms with Crippen LogP contribution in [0, 0.1) is 11.3 Å². The van der Waals surface area contributed by atoms with Crippen LogP contribution in [0.1, 0.15) is 24.5 Å². The van der Waals surface area contributed by atoms with Gasteiger partial charge in [0.05, 0.1) is 12.1 Å².